The van der Waals surface area contributed by atoms with Crippen LogP contribution >= 0.6 is 0 Å². The molecule has 0 radical (unpaired) electrons. The van der Waals surface area contributed by atoms with Gasteiger partial charge in [0.1, 0.15) is 12.1 Å². The first kappa shape index (κ1) is 13.5. The monoisotopic (exact) mass is 242 g/mol. The number of carbonyl (C=O) groups excluding carboxylic acids is 2. The summed E-state index contributed by atoms with van der Waals surface area (Å²) in [6.07, 6.45) is 1.13. The van der Waals surface area contributed by atoms with Gasteiger partial charge in [0.05, 0.1) is 0 Å². The Labute approximate surface area is 99.8 Å². The van der Waals surface area contributed by atoms with Crippen molar-refractivity contribution in [1.29, 1.82) is 0 Å². The van der Waals surface area contributed by atoms with Gasteiger partial charge in [-0.1, -0.05) is 13.8 Å². The van der Waals surface area contributed by atoms with E-state index in [4.69, 9.17) is 5.11 Å². The van der Waals surface area contributed by atoms with E-state index in [1.807, 2.05) is 13.8 Å². The minimum Gasteiger partial charge on any atom is -0.480 e. The maximum atomic E-state index is 11.7. The highest BCUT2D eigenvalue weighted by Crippen LogP contribution is 2.09. The van der Waals surface area contributed by atoms with Crippen LogP contribution in [0.25, 0.3) is 0 Å². The SMILES string of the molecule is CC(C)CC(NC(=O)[C@@H]1CCC(=O)N1)C(=O)O. The van der Waals surface area contributed by atoms with E-state index >= 15 is 0 Å². The number of rotatable bonds is 5. The molecule has 0 bridgehead atoms. The molecule has 1 rings (SSSR count). The average molecular weight is 242 g/mol. The molecule has 96 valence electrons. The van der Waals surface area contributed by atoms with Gasteiger partial charge in [-0.25, -0.2) is 4.79 Å². The number of nitrogens with one attached hydrogen (secondary N) is 2. The van der Waals surface area contributed by atoms with E-state index < -0.39 is 24.0 Å². The fourth-order valence-electron chi connectivity index (χ4n) is 1.78. The lowest BCUT2D eigenvalue weighted by atomic mass is 10.0. The molecule has 1 unspecified atom stereocenters. The Kier molecular flexibility index (Phi) is 4.48. The zero-order chi connectivity index (χ0) is 13.0. The van der Waals surface area contributed by atoms with E-state index in [0.717, 1.165) is 0 Å². The van der Waals surface area contributed by atoms with Crippen LogP contribution < -0.4 is 10.6 Å². The van der Waals surface area contributed by atoms with Crippen molar-refractivity contribution in [3.05, 3.63) is 0 Å². The zero-order valence-corrected chi connectivity index (χ0v) is 10.0. The first-order valence-electron chi connectivity index (χ1n) is 5.72. The molecular weight excluding hydrogens is 224 g/mol. The van der Waals surface area contributed by atoms with E-state index in [9.17, 15) is 14.4 Å². The summed E-state index contributed by atoms with van der Waals surface area (Å²) in [4.78, 5) is 33.6. The van der Waals surface area contributed by atoms with Gasteiger partial charge in [0.2, 0.25) is 11.8 Å². The van der Waals surface area contributed by atoms with Crippen LogP contribution in [-0.2, 0) is 14.4 Å². The molecule has 0 aromatic carbocycles. The Morgan fingerprint density at radius 2 is 2.18 bits per heavy atom. The molecule has 6 heteroatoms. The Balaban J connectivity index is 2.52. The second-order valence-corrected chi connectivity index (χ2v) is 4.69. The normalized spacial score (nSPS) is 21.1. The highest BCUT2D eigenvalue weighted by atomic mass is 16.4. The fourth-order valence-corrected chi connectivity index (χ4v) is 1.78. The largest absolute Gasteiger partial charge is 0.480 e. The van der Waals surface area contributed by atoms with Gasteiger partial charge in [-0.3, -0.25) is 9.59 Å². The van der Waals surface area contributed by atoms with Crippen LogP contribution in [0.2, 0.25) is 0 Å². The van der Waals surface area contributed by atoms with Crippen LogP contribution in [-0.4, -0.2) is 35.0 Å². The fraction of sp³-hybridized carbons (Fsp3) is 0.727. The Bertz CT molecular complexity index is 327. The second kappa shape index (κ2) is 5.65. The number of aliphatic carboxylic acids is 1. The molecule has 6 nitrogen and oxygen atoms in total. The lowest BCUT2D eigenvalue weighted by molar-refractivity contribution is -0.142. The summed E-state index contributed by atoms with van der Waals surface area (Å²) in [5, 5.41) is 13.9. The number of carboxylic acid groups (broad SMARTS) is 1. The number of carboxylic acids is 1. The molecule has 3 N–H and O–H groups in total. The maximum Gasteiger partial charge on any atom is 0.326 e. The second-order valence-electron chi connectivity index (χ2n) is 4.69. The topological polar surface area (TPSA) is 95.5 Å². The maximum absolute atomic E-state index is 11.7. The third kappa shape index (κ3) is 4.05. The minimum absolute atomic E-state index is 0.166. The summed E-state index contributed by atoms with van der Waals surface area (Å²) in [7, 11) is 0. The van der Waals surface area contributed by atoms with Crippen LogP contribution in [0.5, 0.6) is 0 Å². The highest BCUT2D eigenvalue weighted by Gasteiger charge is 2.30. The lowest BCUT2D eigenvalue weighted by Crippen LogP contribution is -2.49. The molecule has 17 heavy (non-hydrogen) atoms. The van der Waals surface area contributed by atoms with Gasteiger partial charge in [0.25, 0.3) is 0 Å². The molecule has 0 saturated carbocycles. The van der Waals surface area contributed by atoms with Gasteiger partial charge in [-0.2, -0.15) is 0 Å². The molecular formula is C11H18N2O4. The minimum atomic E-state index is -1.05. The van der Waals surface area contributed by atoms with E-state index in [0.29, 0.717) is 19.3 Å². The van der Waals surface area contributed by atoms with Crippen molar-refractivity contribution in [2.75, 3.05) is 0 Å². The Morgan fingerprint density at radius 1 is 1.53 bits per heavy atom. The summed E-state index contributed by atoms with van der Waals surface area (Å²) >= 11 is 0. The van der Waals surface area contributed by atoms with Gasteiger partial charge in [-0.15, -0.1) is 0 Å². The van der Waals surface area contributed by atoms with Gasteiger partial charge >= 0.3 is 5.97 Å². The van der Waals surface area contributed by atoms with Crippen LogP contribution in [0.15, 0.2) is 0 Å². The third-order valence-electron chi connectivity index (χ3n) is 2.63. The van der Waals surface area contributed by atoms with Gasteiger partial charge in [0, 0.05) is 6.42 Å². The zero-order valence-electron chi connectivity index (χ0n) is 10.0. The van der Waals surface area contributed by atoms with E-state index in [-0.39, 0.29) is 11.8 Å². The van der Waals surface area contributed by atoms with Crippen LogP contribution in [0.4, 0.5) is 0 Å². The van der Waals surface area contributed by atoms with Crippen LogP contribution in [0.3, 0.4) is 0 Å². The quantitative estimate of drug-likeness (QED) is 0.626. The molecule has 1 aliphatic heterocycles. The molecule has 1 heterocycles. The van der Waals surface area contributed by atoms with Crippen LogP contribution in [0.1, 0.15) is 33.1 Å². The third-order valence-corrected chi connectivity index (χ3v) is 2.63. The van der Waals surface area contributed by atoms with Crippen molar-refractivity contribution < 1.29 is 19.5 Å². The summed E-state index contributed by atoms with van der Waals surface area (Å²) < 4.78 is 0. The number of hydrogen-bond acceptors (Lipinski definition) is 3. The van der Waals surface area contributed by atoms with Gasteiger partial charge < -0.3 is 15.7 Å². The van der Waals surface area contributed by atoms with Crippen molar-refractivity contribution in [1.82, 2.24) is 10.6 Å². The van der Waals surface area contributed by atoms with Crippen molar-refractivity contribution in [3.8, 4) is 0 Å². The summed E-state index contributed by atoms with van der Waals surface area (Å²) in [5.41, 5.74) is 0. The molecule has 0 aliphatic carbocycles. The van der Waals surface area contributed by atoms with Crippen molar-refractivity contribution in [3.63, 3.8) is 0 Å². The smallest absolute Gasteiger partial charge is 0.326 e. The van der Waals surface area contributed by atoms with E-state index in [2.05, 4.69) is 10.6 Å². The summed E-state index contributed by atoms with van der Waals surface area (Å²) in [6.45, 7) is 3.78. The predicted molar refractivity (Wildman–Crippen MR) is 60.2 cm³/mol. The molecule has 1 saturated heterocycles. The van der Waals surface area contributed by atoms with Crippen molar-refractivity contribution in [2.24, 2.45) is 5.92 Å². The molecule has 0 aromatic heterocycles. The van der Waals surface area contributed by atoms with Crippen molar-refractivity contribution >= 4 is 17.8 Å². The first-order valence-corrected chi connectivity index (χ1v) is 5.72. The predicted octanol–water partition coefficient (Wildman–Crippen LogP) is -0.119. The molecule has 1 aliphatic rings. The van der Waals surface area contributed by atoms with Gasteiger partial charge in [0.15, 0.2) is 0 Å². The Morgan fingerprint density at radius 3 is 2.59 bits per heavy atom. The van der Waals surface area contributed by atoms with Crippen molar-refractivity contribution in [2.45, 2.75) is 45.2 Å². The molecule has 0 spiro atoms. The molecule has 0 aromatic rings. The number of hydrogen-bond donors (Lipinski definition) is 3. The molecule has 1 fully saturated rings. The number of amides is 2. The van der Waals surface area contributed by atoms with E-state index in [1.54, 1.807) is 0 Å². The molecule has 2 amide bonds. The lowest BCUT2D eigenvalue weighted by Gasteiger charge is -2.18. The molecule has 2 atom stereocenters. The summed E-state index contributed by atoms with van der Waals surface area (Å²) in [6, 6.07) is -1.48. The number of carbonyl (C=O) groups is 3. The van der Waals surface area contributed by atoms with E-state index in [1.165, 1.54) is 0 Å². The average Bonchev–Trinajstić information content (AvgIpc) is 2.63. The first-order chi connectivity index (χ1) is 7.90. The van der Waals surface area contributed by atoms with Gasteiger partial charge in [-0.05, 0) is 18.8 Å². The Hall–Kier alpha value is -1.59. The standard InChI is InChI=1S/C11H18N2O4/c1-6(2)5-8(11(16)17)13-10(15)7-3-4-9(14)12-7/h6-8H,3-5H2,1-2H3,(H,12,14)(H,13,15)(H,16,17)/t7-,8?/m0/s1. The highest BCUT2D eigenvalue weighted by molar-refractivity contribution is 5.92. The van der Waals surface area contributed by atoms with Crippen LogP contribution in [0, 0.1) is 5.92 Å². The summed E-state index contributed by atoms with van der Waals surface area (Å²) in [5.74, 6) is -1.45.